The highest BCUT2D eigenvalue weighted by atomic mass is 79.9. The Hall–Kier alpha value is -1.28. The molecule has 13 heavy (non-hydrogen) atoms. The van der Waals surface area contributed by atoms with Gasteiger partial charge in [0.1, 0.15) is 5.69 Å². The summed E-state index contributed by atoms with van der Waals surface area (Å²) in [6.45, 7) is 0.381. The third-order valence-electron chi connectivity index (χ3n) is 1.41. The molecule has 4 nitrogen and oxygen atoms in total. The minimum absolute atomic E-state index is 0.194. The summed E-state index contributed by atoms with van der Waals surface area (Å²) in [5.41, 5.74) is 0.491. The van der Waals surface area contributed by atoms with Crippen LogP contribution in [0, 0.1) is 11.3 Å². The minimum atomic E-state index is -0.194. The molecule has 0 aromatic carbocycles. The summed E-state index contributed by atoms with van der Waals surface area (Å²) in [5, 5.41) is 10.8. The largest absolute Gasteiger partial charge is 0.356 e. The number of halogens is 1. The van der Waals surface area contributed by atoms with Gasteiger partial charge in [-0.2, -0.15) is 5.26 Å². The second-order valence-electron chi connectivity index (χ2n) is 2.40. The zero-order chi connectivity index (χ0) is 9.68. The third-order valence-corrected chi connectivity index (χ3v) is 1.87. The molecule has 5 heteroatoms. The Kier molecular flexibility index (Phi) is 3.53. The van der Waals surface area contributed by atoms with Crippen LogP contribution in [0.2, 0.25) is 0 Å². The zero-order valence-electron chi connectivity index (χ0n) is 6.80. The number of nitrogens with one attached hydrogen (secondary N) is 2. The molecule has 2 N–H and O–H groups in total. The summed E-state index contributed by atoms with van der Waals surface area (Å²) in [4.78, 5) is 14.1. The highest BCUT2D eigenvalue weighted by Gasteiger charge is 2.05. The summed E-state index contributed by atoms with van der Waals surface area (Å²) < 4.78 is 0.831. The molecule has 0 aliphatic heterocycles. The van der Waals surface area contributed by atoms with Gasteiger partial charge >= 0.3 is 0 Å². The Morgan fingerprint density at radius 3 is 3.08 bits per heavy atom. The lowest BCUT2D eigenvalue weighted by Crippen LogP contribution is -2.24. The highest BCUT2D eigenvalue weighted by molar-refractivity contribution is 9.10. The van der Waals surface area contributed by atoms with Crippen LogP contribution in [0.5, 0.6) is 0 Å². The number of carbonyl (C=O) groups excluding carboxylic acids is 1. The van der Waals surface area contributed by atoms with E-state index in [0.29, 0.717) is 18.7 Å². The van der Waals surface area contributed by atoms with Crippen LogP contribution in [0.15, 0.2) is 16.7 Å². The van der Waals surface area contributed by atoms with Crippen LogP contribution in [0.1, 0.15) is 16.9 Å². The maximum Gasteiger partial charge on any atom is 0.267 e. The van der Waals surface area contributed by atoms with E-state index in [0.717, 1.165) is 4.47 Å². The molecule has 0 saturated carbocycles. The van der Waals surface area contributed by atoms with Crippen LogP contribution < -0.4 is 5.32 Å². The fourth-order valence-electron chi connectivity index (χ4n) is 0.826. The summed E-state index contributed by atoms with van der Waals surface area (Å²) >= 11 is 3.22. The Balaban J connectivity index is 2.45. The van der Waals surface area contributed by atoms with Crippen molar-refractivity contribution in [3.8, 4) is 6.07 Å². The monoisotopic (exact) mass is 241 g/mol. The maximum atomic E-state index is 11.3. The van der Waals surface area contributed by atoms with E-state index in [1.807, 2.05) is 6.07 Å². The molecule has 0 aliphatic carbocycles. The number of amides is 1. The smallest absolute Gasteiger partial charge is 0.267 e. The summed E-state index contributed by atoms with van der Waals surface area (Å²) in [6.07, 6.45) is 2.01. The van der Waals surface area contributed by atoms with Crippen molar-refractivity contribution in [2.45, 2.75) is 6.42 Å². The summed E-state index contributed by atoms with van der Waals surface area (Å²) in [6, 6.07) is 3.63. The van der Waals surface area contributed by atoms with Crippen molar-refractivity contribution in [1.82, 2.24) is 10.3 Å². The van der Waals surface area contributed by atoms with Gasteiger partial charge in [-0.3, -0.25) is 4.79 Å². The Bertz CT molecular complexity index is 339. The summed E-state index contributed by atoms with van der Waals surface area (Å²) in [7, 11) is 0. The van der Waals surface area contributed by atoms with Gasteiger partial charge in [0.05, 0.1) is 12.5 Å². The first-order valence-corrected chi connectivity index (χ1v) is 4.52. The van der Waals surface area contributed by atoms with E-state index in [1.165, 1.54) is 0 Å². The first kappa shape index (κ1) is 9.81. The van der Waals surface area contributed by atoms with Gasteiger partial charge in [-0.05, 0) is 22.0 Å². The fraction of sp³-hybridized carbons (Fsp3) is 0.250. The predicted molar refractivity (Wildman–Crippen MR) is 51.1 cm³/mol. The van der Waals surface area contributed by atoms with E-state index >= 15 is 0 Å². The highest BCUT2D eigenvalue weighted by Crippen LogP contribution is 2.09. The molecular formula is C8H8BrN3O. The van der Waals surface area contributed by atoms with E-state index in [9.17, 15) is 4.79 Å². The first-order chi connectivity index (χ1) is 6.24. The molecule has 1 amide bonds. The van der Waals surface area contributed by atoms with Crippen molar-refractivity contribution in [1.29, 1.82) is 5.26 Å². The third kappa shape index (κ3) is 2.92. The quantitative estimate of drug-likeness (QED) is 0.787. The summed E-state index contributed by atoms with van der Waals surface area (Å²) in [5.74, 6) is -0.194. The van der Waals surface area contributed by atoms with E-state index in [-0.39, 0.29) is 5.91 Å². The average Bonchev–Trinajstić information content (AvgIpc) is 2.52. The standard InChI is InChI=1S/C8H8BrN3O/c9-6-4-7(12-5-6)8(13)11-3-1-2-10/h4-5,12H,1,3H2,(H,11,13). The van der Waals surface area contributed by atoms with Crippen LogP contribution in [-0.2, 0) is 0 Å². The van der Waals surface area contributed by atoms with Gasteiger partial charge in [0, 0.05) is 17.2 Å². The molecule has 0 unspecified atom stereocenters. The van der Waals surface area contributed by atoms with E-state index in [4.69, 9.17) is 5.26 Å². The van der Waals surface area contributed by atoms with E-state index in [1.54, 1.807) is 12.3 Å². The molecule has 0 aliphatic rings. The molecule has 0 radical (unpaired) electrons. The molecule has 0 atom stereocenters. The van der Waals surface area contributed by atoms with Gasteiger partial charge in [-0.1, -0.05) is 0 Å². The van der Waals surface area contributed by atoms with Crippen LogP contribution >= 0.6 is 15.9 Å². The van der Waals surface area contributed by atoms with Gasteiger partial charge < -0.3 is 10.3 Å². The van der Waals surface area contributed by atoms with Crippen molar-refractivity contribution in [3.05, 3.63) is 22.4 Å². The normalized spacial score (nSPS) is 9.23. The number of carbonyl (C=O) groups is 1. The molecule has 0 spiro atoms. The lowest BCUT2D eigenvalue weighted by Gasteiger charge is -1.98. The molecule has 0 saturated heterocycles. The molecule has 0 fully saturated rings. The topological polar surface area (TPSA) is 68.7 Å². The number of nitrogens with zero attached hydrogens (tertiary/aromatic N) is 1. The number of aromatic amines is 1. The Morgan fingerprint density at radius 2 is 2.54 bits per heavy atom. The Labute approximate surface area is 84.1 Å². The molecule has 68 valence electrons. The lowest BCUT2D eigenvalue weighted by molar-refractivity contribution is 0.0950. The molecular weight excluding hydrogens is 234 g/mol. The van der Waals surface area contributed by atoms with Crippen molar-refractivity contribution >= 4 is 21.8 Å². The second-order valence-corrected chi connectivity index (χ2v) is 3.31. The number of aromatic nitrogens is 1. The van der Waals surface area contributed by atoms with Crippen molar-refractivity contribution in [2.24, 2.45) is 0 Å². The lowest BCUT2D eigenvalue weighted by atomic mass is 10.4. The number of nitriles is 1. The minimum Gasteiger partial charge on any atom is -0.356 e. The number of rotatable bonds is 3. The van der Waals surface area contributed by atoms with E-state index in [2.05, 4.69) is 26.2 Å². The van der Waals surface area contributed by atoms with Crippen LogP contribution in [0.4, 0.5) is 0 Å². The molecule has 1 rings (SSSR count). The number of hydrogen-bond donors (Lipinski definition) is 2. The van der Waals surface area contributed by atoms with E-state index < -0.39 is 0 Å². The van der Waals surface area contributed by atoms with Gasteiger partial charge in [0.25, 0.3) is 5.91 Å². The number of hydrogen-bond acceptors (Lipinski definition) is 2. The molecule has 1 aromatic rings. The van der Waals surface area contributed by atoms with Gasteiger partial charge in [0.15, 0.2) is 0 Å². The fourth-order valence-corrected chi connectivity index (χ4v) is 1.17. The van der Waals surface area contributed by atoms with Crippen LogP contribution in [0.25, 0.3) is 0 Å². The first-order valence-electron chi connectivity index (χ1n) is 3.73. The van der Waals surface area contributed by atoms with Crippen LogP contribution in [-0.4, -0.2) is 17.4 Å². The maximum absolute atomic E-state index is 11.3. The van der Waals surface area contributed by atoms with Crippen molar-refractivity contribution in [3.63, 3.8) is 0 Å². The molecule has 1 heterocycles. The number of H-pyrrole nitrogens is 1. The molecule has 0 bridgehead atoms. The zero-order valence-corrected chi connectivity index (χ0v) is 8.39. The van der Waals surface area contributed by atoms with Gasteiger partial charge in [0.2, 0.25) is 0 Å². The Morgan fingerprint density at radius 1 is 1.77 bits per heavy atom. The van der Waals surface area contributed by atoms with Crippen LogP contribution in [0.3, 0.4) is 0 Å². The predicted octanol–water partition coefficient (Wildman–Crippen LogP) is 1.42. The van der Waals surface area contributed by atoms with Crippen molar-refractivity contribution in [2.75, 3.05) is 6.54 Å². The average molecular weight is 242 g/mol. The molecule has 1 aromatic heterocycles. The SMILES string of the molecule is N#CCCNC(=O)c1cc(Br)c[nH]1. The second kappa shape index (κ2) is 4.67. The van der Waals surface area contributed by atoms with Gasteiger partial charge in [-0.25, -0.2) is 0 Å². The van der Waals surface area contributed by atoms with Gasteiger partial charge in [-0.15, -0.1) is 0 Å². The van der Waals surface area contributed by atoms with Crippen molar-refractivity contribution < 1.29 is 4.79 Å².